The molecule has 0 bridgehead atoms. The zero-order chi connectivity index (χ0) is 32.2. The number of benzene rings is 3. The Kier molecular flexibility index (Phi) is 8.82. The van der Waals surface area contributed by atoms with Gasteiger partial charge in [0, 0.05) is 60.9 Å². The number of hydrogen-bond acceptors (Lipinski definition) is 6. The summed E-state index contributed by atoms with van der Waals surface area (Å²) in [7, 11) is 1.58. The molecule has 46 heavy (non-hydrogen) atoms. The molecule has 5 aromatic rings. The molecule has 2 aromatic heterocycles. The van der Waals surface area contributed by atoms with Gasteiger partial charge in [-0.2, -0.15) is 0 Å². The third kappa shape index (κ3) is 6.08. The van der Waals surface area contributed by atoms with Crippen LogP contribution in [0.3, 0.4) is 0 Å². The van der Waals surface area contributed by atoms with Crippen LogP contribution >= 0.6 is 0 Å². The first kappa shape index (κ1) is 30.6. The summed E-state index contributed by atoms with van der Waals surface area (Å²) in [5.74, 6) is -0.169. The van der Waals surface area contributed by atoms with Crippen molar-refractivity contribution < 1.29 is 23.8 Å². The largest absolute Gasteiger partial charge is 0.508 e. The molecule has 1 aliphatic rings. The summed E-state index contributed by atoms with van der Waals surface area (Å²) < 4.78 is 23.9. The average molecular weight is 623 g/mol. The number of methoxy groups -OCH3 is 1. The minimum absolute atomic E-state index is 0.0515. The highest BCUT2D eigenvalue weighted by atomic mass is 19.1. The molecule has 0 saturated heterocycles. The van der Waals surface area contributed by atoms with Crippen LogP contribution in [0.25, 0.3) is 27.6 Å². The van der Waals surface area contributed by atoms with Gasteiger partial charge in [-0.15, -0.1) is 5.10 Å². The van der Waals surface area contributed by atoms with Crippen LogP contribution < -0.4 is 4.74 Å². The lowest BCUT2D eigenvalue weighted by Gasteiger charge is -2.28. The van der Waals surface area contributed by atoms with Crippen LogP contribution in [0.2, 0.25) is 0 Å². The summed E-state index contributed by atoms with van der Waals surface area (Å²) in [6.45, 7) is 3.62. The first-order valence-electron chi connectivity index (χ1n) is 15.2. The van der Waals surface area contributed by atoms with Crippen LogP contribution in [-0.2, 0) is 17.9 Å². The number of aromatic nitrogens is 4. The summed E-state index contributed by atoms with van der Waals surface area (Å²) in [6, 6.07) is 17.8. The van der Waals surface area contributed by atoms with E-state index >= 15 is 4.39 Å². The van der Waals surface area contributed by atoms with Gasteiger partial charge >= 0.3 is 0 Å². The van der Waals surface area contributed by atoms with Gasteiger partial charge in [0.15, 0.2) is 5.82 Å². The molecule has 236 valence electrons. The highest BCUT2D eigenvalue weighted by Crippen LogP contribution is 2.40. The second-order valence-corrected chi connectivity index (χ2v) is 11.2. The van der Waals surface area contributed by atoms with Crippen molar-refractivity contribution in [3.8, 4) is 22.6 Å². The predicted octanol–water partition coefficient (Wildman–Crippen LogP) is 5.65. The van der Waals surface area contributed by atoms with Crippen molar-refractivity contribution in [3.05, 3.63) is 102 Å². The van der Waals surface area contributed by atoms with E-state index in [1.807, 2.05) is 37.3 Å². The number of aryl methyl sites for hydroxylation is 1. The maximum Gasteiger partial charge on any atom is 0.270 e. The van der Waals surface area contributed by atoms with Crippen molar-refractivity contribution >= 4 is 28.3 Å². The minimum atomic E-state index is -0.500. The summed E-state index contributed by atoms with van der Waals surface area (Å²) in [6.07, 6.45) is 6.08. The number of phenols is 1. The molecule has 2 N–H and O–H groups in total. The van der Waals surface area contributed by atoms with E-state index in [9.17, 15) is 14.7 Å². The van der Waals surface area contributed by atoms with Crippen molar-refractivity contribution in [2.45, 2.75) is 32.9 Å². The van der Waals surface area contributed by atoms with Crippen LogP contribution in [0.5, 0.6) is 11.5 Å². The fourth-order valence-electron chi connectivity index (χ4n) is 5.92. The van der Waals surface area contributed by atoms with E-state index in [2.05, 4.69) is 15.3 Å². The quantitative estimate of drug-likeness (QED) is 0.208. The number of aromatic amines is 1. The number of phenolic OH excluding ortho intramolecular Hbond substituents is 1. The van der Waals surface area contributed by atoms with Crippen molar-refractivity contribution in [2.75, 3.05) is 26.7 Å². The van der Waals surface area contributed by atoms with E-state index in [0.29, 0.717) is 59.5 Å². The average Bonchev–Trinajstić information content (AvgIpc) is 3.78. The number of aromatic hydroxyl groups is 1. The van der Waals surface area contributed by atoms with Crippen molar-refractivity contribution in [3.63, 3.8) is 0 Å². The highest BCUT2D eigenvalue weighted by Gasteiger charge is 2.26. The SMILES string of the molecule is CCN(Cc1ccccc1O)C(=O)c1cc2c(-c3ccccc3OC)cc(C3=CCCN(C(=O)CCn4ccnn4)C3)c(F)c2[nH]1. The highest BCUT2D eigenvalue weighted by molar-refractivity contribution is 6.05. The molecule has 0 spiro atoms. The molecular formula is C35H35FN6O4. The van der Waals surface area contributed by atoms with Gasteiger partial charge < -0.3 is 24.6 Å². The van der Waals surface area contributed by atoms with Gasteiger partial charge in [0.2, 0.25) is 5.91 Å². The number of halogens is 1. The predicted molar refractivity (Wildman–Crippen MR) is 173 cm³/mol. The van der Waals surface area contributed by atoms with E-state index < -0.39 is 5.82 Å². The Morgan fingerprint density at radius 3 is 2.65 bits per heavy atom. The van der Waals surface area contributed by atoms with Crippen LogP contribution in [0.1, 0.15) is 41.4 Å². The number of rotatable bonds is 10. The van der Waals surface area contributed by atoms with Crippen molar-refractivity contribution in [1.82, 2.24) is 29.8 Å². The van der Waals surface area contributed by atoms with Crippen LogP contribution in [0.4, 0.5) is 4.39 Å². The van der Waals surface area contributed by atoms with Crippen molar-refractivity contribution in [2.24, 2.45) is 0 Å². The Bertz CT molecular complexity index is 1920. The first-order valence-corrected chi connectivity index (χ1v) is 15.2. The second kappa shape index (κ2) is 13.3. The number of amides is 2. The Morgan fingerprint density at radius 1 is 1.09 bits per heavy atom. The van der Waals surface area contributed by atoms with E-state index in [0.717, 1.165) is 5.56 Å². The van der Waals surface area contributed by atoms with Crippen molar-refractivity contribution in [1.29, 1.82) is 0 Å². The molecular weight excluding hydrogens is 587 g/mol. The maximum atomic E-state index is 16.6. The van der Waals surface area contributed by atoms with Crippen LogP contribution in [-0.4, -0.2) is 73.4 Å². The lowest BCUT2D eigenvalue weighted by atomic mass is 9.93. The molecule has 1 aliphatic heterocycles. The molecule has 3 heterocycles. The Labute approximate surface area is 265 Å². The number of ether oxygens (including phenoxy) is 1. The molecule has 3 aromatic carbocycles. The number of H-pyrrole nitrogens is 1. The fraction of sp³-hybridized carbons (Fsp3) is 0.257. The summed E-state index contributed by atoms with van der Waals surface area (Å²) in [5.41, 5.74) is 3.50. The number of para-hydroxylation sites is 2. The minimum Gasteiger partial charge on any atom is -0.508 e. The standard InChI is InChI=1S/C35H35FN6O4/c1-3-40(22-24-9-4-6-12-30(24)43)35(45)29-20-28-27(25-11-5-7-13-31(25)46-2)19-26(33(36)34(28)38-29)23-10-8-16-41(21-23)32(44)14-17-42-18-15-37-39-42/h4-7,9-13,15,18-20,38,43H,3,8,14,16-17,21-22H2,1-2H3. The van der Waals surface area contributed by atoms with Crippen LogP contribution in [0, 0.1) is 5.82 Å². The number of nitrogens with one attached hydrogen (secondary N) is 1. The monoisotopic (exact) mass is 622 g/mol. The molecule has 0 unspecified atom stereocenters. The molecule has 6 rings (SSSR count). The lowest BCUT2D eigenvalue weighted by molar-refractivity contribution is -0.131. The molecule has 10 nitrogen and oxygen atoms in total. The Balaban J connectivity index is 1.38. The van der Waals surface area contributed by atoms with E-state index in [4.69, 9.17) is 4.74 Å². The third-order valence-corrected chi connectivity index (χ3v) is 8.38. The summed E-state index contributed by atoms with van der Waals surface area (Å²) in [4.78, 5) is 33.3. The van der Waals surface area contributed by atoms with Gasteiger partial charge in [0.05, 0.1) is 25.4 Å². The van der Waals surface area contributed by atoms with Gasteiger partial charge in [-0.05, 0) is 48.7 Å². The van der Waals surface area contributed by atoms with Gasteiger partial charge in [-0.1, -0.05) is 47.7 Å². The molecule has 0 atom stereocenters. The maximum absolute atomic E-state index is 16.6. The number of carbonyl (C=O) groups excluding carboxylic acids is 2. The van der Waals surface area contributed by atoms with E-state index in [1.54, 1.807) is 70.4 Å². The number of nitrogens with zero attached hydrogens (tertiary/aromatic N) is 5. The number of carbonyl (C=O) groups is 2. The fourth-order valence-corrected chi connectivity index (χ4v) is 5.92. The van der Waals surface area contributed by atoms with Crippen LogP contribution in [0.15, 0.2) is 79.1 Å². The zero-order valence-electron chi connectivity index (χ0n) is 25.7. The van der Waals surface area contributed by atoms with E-state index in [1.165, 1.54) is 0 Å². The van der Waals surface area contributed by atoms with Gasteiger partial charge in [-0.25, -0.2) is 4.39 Å². The molecule has 2 amide bonds. The van der Waals surface area contributed by atoms with Gasteiger partial charge in [0.1, 0.15) is 17.2 Å². The molecule has 11 heteroatoms. The Morgan fingerprint density at radius 2 is 1.89 bits per heavy atom. The molecule has 0 saturated carbocycles. The first-order chi connectivity index (χ1) is 22.4. The Hall–Kier alpha value is -5.45. The second-order valence-electron chi connectivity index (χ2n) is 11.2. The third-order valence-electron chi connectivity index (χ3n) is 8.38. The molecule has 0 aliphatic carbocycles. The smallest absolute Gasteiger partial charge is 0.270 e. The summed E-state index contributed by atoms with van der Waals surface area (Å²) >= 11 is 0. The lowest BCUT2D eigenvalue weighted by Crippen LogP contribution is -2.36. The number of fused-ring (bicyclic) bond motifs is 1. The van der Waals surface area contributed by atoms with E-state index in [-0.39, 0.29) is 48.3 Å². The summed E-state index contributed by atoms with van der Waals surface area (Å²) in [5, 5.41) is 18.6. The van der Waals surface area contributed by atoms with Gasteiger partial charge in [0.25, 0.3) is 5.91 Å². The topological polar surface area (TPSA) is 117 Å². The molecule has 0 radical (unpaired) electrons. The number of hydrogen-bond donors (Lipinski definition) is 2. The zero-order valence-corrected chi connectivity index (χ0v) is 25.7. The van der Waals surface area contributed by atoms with Gasteiger partial charge in [-0.3, -0.25) is 14.3 Å². The normalized spacial score (nSPS) is 13.1. The molecule has 0 fully saturated rings.